The zero-order valence-electron chi connectivity index (χ0n) is 9.41. The first-order valence-electron chi connectivity index (χ1n) is 6.23. The van der Waals surface area contributed by atoms with Gasteiger partial charge in [-0.2, -0.15) is 5.26 Å². The number of hydrogen-bond donors (Lipinski definition) is 1. The van der Waals surface area contributed by atoms with Gasteiger partial charge in [0.05, 0.1) is 6.07 Å². The van der Waals surface area contributed by atoms with Gasteiger partial charge in [0, 0.05) is 19.0 Å². The molecule has 0 amide bonds. The van der Waals surface area contributed by atoms with Crippen molar-refractivity contribution in [2.24, 2.45) is 5.92 Å². The summed E-state index contributed by atoms with van der Waals surface area (Å²) < 4.78 is 0. The van der Waals surface area contributed by atoms with Crippen molar-refractivity contribution in [1.29, 1.82) is 5.26 Å². The van der Waals surface area contributed by atoms with Crippen molar-refractivity contribution in [1.82, 2.24) is 10.2 Å². The molecule has 0 aliphatic carbocycles. The number of nitriles is 1. The normalized spacial score (nSPS) is 29.1. The fourth-order valence-corrected chi connectivity index (χ4v) is 2.90. The van der Waals surface area contributed by atoms with Gasteiger partial charge in [0.1, 0.15) is 0 Å². The van der Waals surface area contributed by atoms with E-state index in [2.05, 4.69) is 16.3 Å². The van der Waals surface area contributed by atoms with Crippen molar-refractivity contribution in [2.45, 2.75) is 38.1 Å². The van der Waals surface area contributed by atoms with Crippen molar-refractivity contribution in [3.8, 4) is 6.07 Å². The molecular weight excluding hydrogens is 186 g/mol. The molecule has 1 N–H and O–H groups in total. The molecular formula is C12H21N3. The monoisotopic (exact) mass is 207 g/mol. The standard InChI is InChI=1S/C12H21N3/c13-6-2-8-15-9-4-11(5-10-15)12-3-1-7-14-12/h11-12,14H,1-5,7-10H2. The van der Waals surface area contributed by atoms with Gasteiger partial charge in [0.2, 0.25) is 0 Å². The Bertz CT molecular complexity index is 220. The first-order chi connectivity index (χ1) is 7.40. The fraction of sp³-hybridized carbons (Fsp3) is 0.917. The van der Waals surface area contributed by atoms with E-state index < -0.39 is 0 Å². The predicted molar refractivity (Wildman–Crippen MR) is 60.4 cm³/mol. The van der Waals surface area contributed by atoms with Gasteiger partial charge in [-0.15, -0.1) is 0 Å². The summed E-state index contributed by atoms with van der Waals surface area (Å²) in [6.07, 6.45) is 6.07. The van der Waals surface area contributed by atoms with Gasteiger partial charge >= 0.3 is 0 Å². The topological polar surface area (TPSA) is 39.1 Å². The molecule has 2 fully saturated rings. The second-order valence-corrected chi connectivity index (χ2v) is 4.79. The minimum Gasteiger partial charge on any atom is -0.314 e. The average molecular weight is 207 g/mol. The summed E-state index contributed by atoms with van der Waals surface area (Å²) in [7, 11) is 0. The molecule has 0 aromatic carbocycles. The van der Waals surface area contributed by atoms with Crippen LogP contribution in [0.1, 0.15) is 32.1 Å². The van der Waals surface area contributed by atoms with E-state index in [9.17, 15) is 0 Å². The maximum absolute atomic E-state index is 8.53. The molecule has 1 unspecified atom stereocenters. The highest BCUT2D eigenvalue weighted by molar-refractivity contribution is 4.86. The molecule has 3 nitrogen and oxygen atoms in total. The van der Waals surface area contributed by atoms with E-state index in [1.165, 1.54) is 45.3 Å². The Balaban J connectivity index is 1.69. The van der Waals surface area contributed by atoms with Crippen molar-refractivity contribution in [3.63, 3.8) is 0 Å². The van der Waals surface area contributed by atoms with Gasteiger partial charge in [-0.25, -0.2) is 0 Å². The van der Waals surface area contributed by atoms with Gasteiger partial charge in [-0.1, -0.05) is 0 Å². The SMILES string of the molecule is N#CCCN1CCC(C2CCCN2)CC1. The molecule has 84 valence electrons. The number of piperidine rings is 1. The highest BCUT2D eigenvalue weighted by atomic mass is 15.1. The van der Waals surface area contributed by atoms with Crippen LogP contribution in [0.3, 0.4) is 0 Å². The Hall–Kier alpha value is -0.590. The second-order valence-electron chi connectivity index (χ2n) is 4.79. The number of nitrogens with zero attached hydrogens (tertiary/aromatic N) is 2. The van der Waals surface area contributed by atoms with Crippen LogP contribution in [0.5, 0.6) is 0 Å². The lowest BCUT2D eigenvalue weighted by molar-refractivity contribution is 0.166. The van der Waals surface area contributed by atoms with Gasteiger partial charge in [-0.3, -0.25) is 0 Å². The lowest BCUT2D eigenvalue weighted by Gasteiger charge is -2.34. The van der Waals surface area contributed by atoms with E-state index in [1.54, 1.807) is 0 Å². The minimum atomic E-state index is 0.687. The number of hydrogen-bond acceptors (Lipinski definition) is 3. The lowest BCUT2D eigenvalue weighted by Crippen LogP contribution is -2.41. The van der Waals surface area contributed by atoms with Gasteiger partial charge in [0.25, 0.3) is 0 Å². The Labute approximate surface area is 92.4 Å². The molecule has 2 rings (SSSR count). The van der Waals surface area contributed by atoms with E-state index in [1.807, 2.05) is 0 Å². The van der Waals surface area contributed by atoms with Gasteiger partial charge in [0.15, 0.2) is 0 Å². The fourth-order valence-electron chi connectivity index (χ4n) is 2.90. The second kappa shape index (κ2) is 5.48. The highest BCUT2D eigenvalue weighted by Crippen LogP contribution is 2.25. The molecule has 1 atom stereocenters. The molecule has 0 radical (unpaired) electrons. The zero-order valence-corrected chi connectivity index (χ0v) is 9.41. The van der Waals surface area contributed by atoms with Crippen LogP contribution < -0.4 is 5.32 Å². The minimum absolute atomic E-state index is 0.687. The van der Waals surface area contributed by atoms with E-state index in [4.69, 9.17) is 5.26 Å². The average Bonchev–Trinajstić information content (AvgIpc) is 2.80. The van der Waals surface area contributed by atoms with Gasteiger partial charge in [-0.05, 0) is 51.2 Å². The van der Waals surface area contributed by atoms with Crippen molar-refractivity contribution >= 4 is 0 Å². The smallest absolute Gasteiger partial charge is 0.0635 e. The molecule has 0 aromatic rings. The Morgan fingerprint density at radius 1 is 1.27 bits per heavy atom. The first kappa shape index (κ1) is 10.9. The molecule has 0 bridgehead atoms. The largest absolute Gasteiger partial charge is 0.314 e. The number of likely N-dealkylation sites (tertiary alicyclic amines) is 1. The molecule has 3 heteroatoms. The Morgan fingerprint density at radius 3 is 2.67 bits per heavy atom. The molecule has 15 heavy (non-hydrogen) atoms. The van der Waals surface area contributed by atoms with E-state index in [-0.39, 0.29) is 0 Å². The predicted octanol–water partition coefficient (Wildman–Crippen LogP) is 1.36. The molecule has 0 aromatic heterocycles. The summed E-state index contributed by atoms with van der Waals surface area (Å²) in [6, 6.07) is 3.02. The molecule has 0 saturated carbocycles. The van der Waals surface area contributed by atoms with E-state index >= 15 is 0 Å². The van der Waals surface area contributed by atoms with Crippen LogP contribution in [0.15, 0.2) is 0 Å². The third-order valence-corrected chi connectivity index (χ3v) is 3.84. The molecule has 2 saturated heterocycles. The summed E-state index contributed by atoms with van der Waals surface area (Å²) in [5, 5.41) is 12.1. The summed E-state index contributed by atoms with van der Waals surface area (Å²) in [5.74, 6) is 0.894. The number of rotatable bonds is 3. The molecule has 2 aliphatic heterocycles. The third kappa shape index (κ3) is 2.93. The molecule has 2 heterocycles. The van der Waals surface area contributed by atoms with E-state index in [0.29, 0.717) is 6.42 Å². The Kier molecular flexibility index (Phi) is 3.99. The summed E-state index contributed by atoms with van der Waals surface area (Å²) in [6.45, 7) is 4.59. The zero-order chi connectivity index (χ0) is 10.5. The van der Waals surface area contributed by atoms with Crippen molar-refractivity contribution < 1.29 is 0 Å². The number of nitrogens with one attached hydrogen (secondary N) is 1. The van der Waals surface area contributed by atoms with Gasteiger partial charge < -0.3 is 10.2 Å². The van der Waals surface area contributed by atoms with Crippen LogP contribution >= 0.6 is 0 Å². The molecule has 0 spiro atoms. The lowest BCUT2D eigenvalue weighted by atomic mass is 9.88. The summed E-state index contributed by atoms with van der Waals surface area (Å²) in [5.41, 5.74) is 0. The first-order valence-corrected chi connectivity index (χ1v) is 6.23. The summed E-state index contributed by atoms with van der Waals surface area (Å²) >= 11 is 0. The third-order valence-electron chi connectivity index (χ3n) is 3.84. The van der Waals surface area contributed by atoms with Crippen LogP contribution in [0.2, 0.25) is 0 Å². The molecule has 2 aliphatic rings. The van der Waals surface area contributed by atoms with Crippen molar-refractivity contribution in [3.05, 3.63) is 0 Å². The van der Waals surface area contributed by atoms with E-state index in [0.717, 1.165) is 18.5 Å². The highest BCUT2D eigenvalue weighted by Gasteiger charge is 2.27. The Morgan fingerprint density at radius 2 is 2.07 bits per heavy atom. The van der Waals surface area contributed by atoms with Crippen LogP contribution in [-0.2, 0) is 0 Å². The van der Waals surface area contributed by atoms with Crippen LogP contribution in [0, 0.1) is 17.2 Å². The van der Waals surface area contributed by atoms with Crippen LogP contribution in [0.25, 0.3) is 0 Å². The quantitative estimate of drug-likeness (QED) is 0.759. The van der Waals surface area contributed by atoms with Crippen molar-refractivity contribution in [2.75, 3.05) is 26.2 Å². The van der Waals surface area contributed by atoms with Crippen LogP contribution in [0.4, 0.5) is 0 Å². The van der Waals surface area contributed by atoms with Crippen LogP contribution in [-0.4, -0.2) is 37.1 Å². The summed E-state index contributed by atoms with van der Waals surface area (Å²) in [4.78, 5) is 2.44. The maximum Gasteiger partial charge on any atom is 0.0635 e. The maximum atomic E-state index is 8.53.